The number of benzene rings is 2. The Bertz CT molecular complexity index is 1190. The molecule has 8 heteroatoms. The molecule has 4 rings (SSSR count). The smallest absolute Gasteiger partial charge is 0.239 e. The zero-order chi connectivity index (χ0) is 20.9. The molecule has 0 saturated heterocycles. The number of halogens is 1. The van der Waals surface area contributed by atoms with E-state index in [0.717, 1.165) is 27.8 Å². The van der Waals surface area contributed by atoms with Crippen LogP contribution in [0.4, 0.5) is 11.6 Å². The maximum Gasteiger partial charge on any atom is 0.239 e. The van der Waals surface area contributed by atoms with E-state index in [1.165, 1.54) is 0 Å². The minimum absolute atomic E-state index is 0.0709. The molecular formula is C22H21ClN6O. The third-order valence-corrected chi connectivity index (χ3v) is 4.84. The first kappa shape index (κ1) is 19.9. The second kappa shape index (κ2) is 8.94. The van der Waals surface area contributed by atoms with Crippen molar-refractivity contribution in [1.82, 2.24) is 19.9 Å². The third-order valence-electron chi connectivity index (χ3n) is 4.61. The largest absolute Gasteiger partial charge is 0.353 e. The summed E-state index contributed by atoms with van der Waals surface area (Å²) in [5.41, 5.74) is 8.96. The summed E-state index contributed by atoms with van der Waals surface area (Å²) in [4.78, 5) is 21.1. The van der Waals surface area contributed by atoms with Crippen LogP contribution in [-0.4, -0.2) is 33.5 Å². The predicted molar refractivity (Wildman–Crippen MR) is 120 cm³/mol. The van der Waals surface area contributed by atoms with Gasteiger partial charge < -0.3 is 20.9 Å². The van der Waals surface area contributed by atoms with Crippen LogP contribution in [0.5, 0.6) is 0 Å². The molecule has 4 aromatic rings. The average Bonchev–Trinajstić information content (AvgIpc) is 3.15. The summed E-state index contributed by atoms with van der Waals surface area (Å²) in [6.07, 6.45) is 3.62. The molecular weight excluding hydrogens is 400 g/mol. The summed E-state index contributed by atoms with van der Waals surface area (Å²) in [6.45, 7) is 1.12. The number of nitrogens with two attached hydrogens (primary N) is 1. The lowest BCUT2D eigenvalue weighted by atomic mass is 10.1. The maximum atomic E-state index is 12.1. The van der Waals surface area contributed by atoms with Crippen molar-refractivity contribution in [3.05, 3.63) is 72.0 Å². The van der Waals surface area contributed by atoms with E-state index in [0.29, 0.717) is 24.1 Å². The van der Waals surface area contributed by atoms with Gasteiger partial charge in [-0.25, -0.2) is 9.97 Å². The van der Waals surface area contributed by atoms with Crippen molar-refractivity contribution in [3.8, 4) is 11.3 Å². The molecule has 30 heavy (non-hydrogen) atoms. The van der Waals surface area contributed by atoms with Gasteiger partial charge in [-0.2, -0.15) is 0 Å². The second-order valence-electron chi connectivity index (χ2n) is 6.72. The van der Waals surface area contributed by atoms with Gasteiger partial charge in [0.2, 0.25) is 11.9 Å². The number of carbonyl (C=O) groups is 1. The van der Waals surface area contributed by atoms with Crippen molar-refractivity contribution in [2.24, 2.45) is 5.73 Å². The first-order valence-corrected chi connectivity index (χ1v) is 9.92. The fraction of sp³-hybridized carbons (Fsp3) is 0.136. The van der Waals surface area contributed by atoms with Gasteiger partial charge in [0, 0.05) is 52.7 Å². The van der Waals surface area contributed by atoms with Crippen molar-refractivity contribution < 1.29 is 4.79 Å². The molecule has 0 aliphatic carbocycles. The number of aromatic nitrogens is 3. The van der Waals surface area contributed by atoms with E-state index in [-0.39, 0.29) is 12.5 Å². The van der Waals surface area contributed by atoms with E-state index in [4.69, 9.17) is 17.3 Å². The molecule has 1 amide bonds. The Labute approximate surface area is 178 Å². The quantitative estimate of drug-likeness (QED) is 0.424. The molecule has 0 unspecified atom stereocenters. The maximum absolute atomic E-state index is 12.1. The monoisotopic (exact) mass is 420 g/mol. The number of nitrogens with one attached hydrogen (secondary N) is 2. The highest BCUT2D eigenvalue weighted by Crippen LogP contribution is 2.29. The number of hydrogen-bond donors (Lipinski definition) is 3. The Kier molecular flexibility index (Phi) is 5.92. The zero-order valence-electron chi connectivity index (χ0n) is 16.2. The van der Waals surface area contributed by atoms with Crippen LogP contribution in [0.2, 0.25) is 5.02 Å². The summed E-state index contributed by atoms with van der Waals surface area (Å²) < 4.78 is 1.91. The van der Waals surface area contributed by atoms with Crippen LogP contribution in [0.15, 0.2) is 67.0 Å². The van der Waals surface area contributed by atoms with Crippen LogP contribution in [-0.2, 0) is 11.3 Å². The van der Waals surface area contributed by atoms with Crippen LogP contribution in [0.25, 0.3) is 22.2 Å². The number of fused-ring (bicyclic) bond motifs is 1. The minimum atomic E-state index is -0.0709. The molecule has 0 atom stereocenters. The van der Waals surface area contributed by atoms with Gasteiger partial charge in [0.15, 0.2) is 0 Å². The Balaban J connectivity index is 1.63. The topological polar surface area (TPSA) is 97.9 Å². The Morgan fingerprint density at radius 1 is 1.13 bits per heavy atom. The number of amides is 1. The van der Waals surface area contributed by atoms with Gasteiger partial charge in [0.1, 0.15) is 6.54 Å². The molecule has 0 bridgehead atoms. The average molecular weight is 421 g/mol. The lowest BCUT2D eigenvalue weighted by Gasteiger charge is -2.09. The number of hydrogen-bond acceptors (Lipinski definition) is 5. The Morgan fingerprint density at radius 3 is 2.83 bits per heavy atom. The lowest BCUT2D eigenvalue weighted by Crippen LogP contribution is -2.31. The summed E-state index contributed by atoms with van der Waals surface area (Å²) >= 11 is 6.05. The van der Waals surface area contributed by atoms with E-state index < -0.39 is 0 Å². The number of anilines is 2. The molecule has 0 spiro atoms. The van der Waals surface area contributed by atoms with Crippen LogP contribution < -0.4 is 16.4 Å². The normalized spacial score (nSPS) is 10.9. The Hall–Kier alpha value is -3.42. The van der Waals surface area contributed by atoms with Gasteiger partial charge in [-0.3, -0.25) is 4.79 Å². The van der Waals surface area contributed by atoms with Crippen molar-refractivity contribution in [1.29, 1.82) is 0 Å². The lowest BCUT2D eigenvalue weighted by molar-refractivity contribution is -0.121. The van der Waals surface area contributed by atoms with E-state index in [2.05, 4.69) is 20.6 Å². The molecule has 2 aromatic heterocycles. The highest BCUT2D eigenvalue weighted by molar-refractivity contribution is 6.30. The number of rotatable bonds is 7. The van der Waals surface area contributed by atoms with Crippen LogP contribution >= 0.6 is 11.6 Å². The molecule has 0 aliphatic heterocycles. The molecule has 2 aromatic carbocycles. The standard InChI is InChI=1S/C22H21ClN6O/c23-15-3-1-4-16(13-15)27-22-26-10-7-19(28-22)17-5-2-6-20-18(17)8-12-29(20)14-21(30)25-11-9-24/h1-8,10,12-13H,9,11,14,24H2,(H,25,30)(H,26,27,28). The molecule has 2 heterocycles. The van der Waals surface area contributed by atoms with E-state index in [9.17, 15) is 4.79 Å². The molecule has 0 aliphatic rings. The SMILES string of the molecule is NCCNC(=O)Cn1ccc2c(-c3ccnc(Nc4cccc(Cl)c4)n3)cccc21. The van der Waals surface area contributed by atoms with Crippen LogP contribution in [0.1, 0.15) is 0 Å². The van der Waals surface area contributed by atoms with E-state index in [1.807, 2.05) is 65.4 Å². The molecule has 4 N–H and O–H groups in total. The summed E-state index contributed by atoms with van der Waals surface area (Å²) in [7, 11) is 0. The molecule has 7 nitrogen and oxygen atoms in total. The Morgan fingerprint density at radius 2 is 2.00 bits per heavy atom. The van der Waals surface area contributed by atoms with Crippen molar-refractivity contribution in [3.63, 3.8) is 0 Å². The highest BCUT2D eigenvalue weighted by Gasteiger charge is 2.11. The van der Waals surface area contributed by atoms with Gasteiger partial charge in [0.25, 0.3) is 0 Å². The molecule has 152 valence electrons. The van der Waals surface area contributed by atoms with Crippen LogP contribution in [0, 0.1) is 0 Å². The highest BCUT2D eigenvalue weighted by atomic mass is 35.5. The van der Waals surface area contributed by atoms with E-state index in [1.54, 1.807) is 6.20 Å². The van der Waals surface area contributed by atoms with Crippen molar-refractivity contribution >= 4 is 40.0 Å². The fourth-order valence-electron chi connectivity index (χ4n) is 3.27. The van der Waals surface area contributed by atoms with Crippen molar-refractivity contribution in [2.45, 2.75) is 6.54 Å². The van der Waals surface area contributed by atoms with Crippen LogP contribution in [0.3, 0.4) is 0 Å². The first-order valence-electron chi connectivity index (χ1n) is 9.54. The van der Waals surface area contributed by atoms with E-state index >= 15 is 0 Å². The summed E-state index contributed by atoms with van der Waals surface area (Å²) in [6, 6.07) is 17.2. The molecule has 0 saturated carbocycles. The van der Waals surface area contributed by atoms with Gasteiger partial charge in [-0.1, -0.05) is 29.8 Å². The molecule has 0 radical (unpaired) electrons. The zero-order valence-corrected chi connectivity index (χ0v) is 16.9. The number of carbonyl (C=O) groups excluding carboxylic acids is 1. The van der Waals surface area contributed by atoms with Crippen molar-refractivity contribution in [2.75, 3.05) is 18.4 Å². The molecule has 0 fully saturated rings. The summed E-state index contributed by atoms with van der Waals surface area (Å²) in [5.74, 6) is 0.408. The van der Waals surface area contributed by atoms with Gasteiger partial charge >= 0.3 is 0 Å². The second-order valence-corrected chi connectivity index (χ2v) is 7.16. The van der Waals surface area contributed by atoms with Gasteiger partial charge in [-0.05, 0) is 36.4 Å². The van der Waals surface area contributed by atoms with Gasteiger partial charge in [0.05, 0.1) is 5.69 Å². The minimum Gasteiger partial charge on any atom is -0.353 e. The fourth-order valence-corrected chi connectivity index (χ4v) is 3.46. The predicted octanol–water partition coefficient (Wildman–Crippen LogP) is 3.57. The first-order chi connectivity index (χ1) is 14.6. The third kappa shape index (κ3) is 4.42. The number of nitrogens with zero attached hydrogens (tertiary/aromatic N) is 3. The van der Waals surface area contributed by atoms with Gasteiger partial charge in [-0.15, -0.1) is 0 Å². The summed E-state index contributed by atoms with van der Waals surface area (Å²) in [5, 5.41) is 7.62.